The van der Waals surface area contributed by atoms with Crippen molar-refractivity contribution in [3.8, 4) is 5.75 Å². The molecule has 0 unspecified atom stereocenters. The number of carbonyl (C=O) groups excluding carboxylic acids is 2. The number of anilines is 1. The molecule has 0 bridgehead atoms. The molecular formula is C25H19Cl2NO4. The monoisotopic (exact) mass is 467 g/mol. The number of rotatable bonds is 6. The van der Waals surface area contributed by atoms with Crippen molar-refractivity contribution < 1.29 is 18.7 Å². The van der Waals surface area contributed by atoms with Crippen LogP contribution >= 0.6 is 23.2 Å². The summed E-state index contributed by atoms with van der Waals surface area (Å²) in [7, 11) is 0. The van der Waals surface area contributed by atoms with E-state index in [0.717, 1.165) is 5.56 Å². The van der Waals surface area contributed by atoms with Gasteiger partial charge in [-0.1, -0.05) is 65.2 Å². The number of carbonyl (C=O) groups is 2. The maximum atomic E-state index is 13.2. The molecule has 0 aliphatic carbocycles. The Morgan fingerprint density at radius 3 is 2.28 bits per heavy atom. The third kappa shape index (κ3) is 4.22. The number of para-hydroxylation sites is 1. The largest absolute Gasteiger partial charge is 0.491 e. The molecular weight excluding hydrogens is 449 g/mol. The number of hydrogen-bond donors (Lipinski definition) is 1. The van der Waals surface area contributed by atoms with Crippen molar-refractivity contribution >= 4 is 51.5 Å². The number of ether oxygens (including phenoxy) is 1. The molecule has 162 valence electrons. The number of ketones is 1. The van der Waals surface area contributed by atoms with Gasteiger partial charge in [-0.25, -0.2) is 0 Å². The van der Waals surface area contributed by atoms with E-state index < -0.39 is 5.91 Å². The second kappa shape index (κ2) is 9.07. The highest BCUT2D eigenvalue weighted by molar-refractivity contribution is 6.38. The van der Waals surface area contributed by atoms with E-state index in [1.165, 1.54) is 12.1 Å². The van der Waals surface area contributed by atoms with Gasteiger partial charge < -0.3 is 14.5 Å². The third-order valence-electron chi connectivity index (χ3n) is 4.90. The summed E-state index contributed by atoms with van der Waals surface area (Å²) in [5, 5.41) is 3.86. The molecule has 4 aromatic rings. The smallest absolute Gasteiger partial charge is 0.255 e. The SMILES string of the molecule is CCOc1c(Cl)cc(C(=O)Nc2c(C(=O)c3ccc(C)cc3)oc3ccccc23)cc1Cl. The van der Waals surface area contributed by atoms with E-state index in [9.17, 15) is 9.59 Å². The van der Waals surface area contributed by atoms with Gasteiger partial charge in [0.05, 0.1) is 22.3 Å². The van der Waals surface area contributed by atoms with Crippen LogP contribution in [-0.2, 0) is 0 Å². The summed E-state index contributed by atoms with van der Waals surface area (Å²) >= 11 is 12.5. The van der Waals surface area contributed by atoms with Crippen LogP contribution < -0.4 is 10.1 Å². The second-order valence-electron chi connectivity index (χ2n) is 7.15. The number of halogens is 2. The standard InChI is InChI=1S/C25H19Cl2NO4/c1-3-31-23-18(26)12-16(13-19(23)27)25(30)28-21-17-6-4-5-7-20(17)32-24(21)22(29)15-10-8-14(2)9-11-15/h4-13H,3H2,1-2H3,(H,28,30). The van der Waals surface area contributed by atoms with Crippen LogP contribution in [0.2, 0.25) is 10.0 Å². The molecule has 7 heteroatoms. The first-order chi connectivity index (χ1) is 15.4. The van der Waals surface area contributed by atoms with E-state index in [1.807, 2.05) is 26.0 Å². The van der Waals surface area contributed by atoms with Crippen molar-refractivity contribution in [2.24, 2.45) is 0 Å². The van der Waals surface area contributed by atoms with Gasteiger partial charge in [0.1, 0.15) is 5.58 Å². The van der Waals surface area contributed by atoms with Crippen molar-refractivity contribution in [1.82, 2.24) is 0 Å². The first-order valence-corrected chi connectivity index (χ1v) is 10.7. The van der Waals surface area contributed by atoms with Crippen LogP contribution in [0.1, 0.15) is 39.0 Å². The number of furan rings is 1. The fourth-order valence-corrected chi connectivity index (χ4v) is 3.92. The van der Waals surface area contributed by atoms with Gasteiger partial charge in [-0.05, 0) is 38.1 Å². The zero-order valence-corrected chi connectivity index (χ0v) is 18.9. The minimum Gasteiger partial charge on any atom is -0.491 e. The summed E-state index contributed by atoms with van der Waals surface area (Å²) < 4.78 is 11.3. The summed E-state index contributed by atoms with van der Waals surface area (Å²) in [6, 6.07) is 17.2. The van der Waals surface area contributed by atoms with Crippen molar-refractivity contribution in [3.63, 3.8) is 0 Å². The fraction of sp³-hybridized carbons (Fsp3) is 0.120. The van der Waals surface area contributed by atoms with Gasteiger partial charge >= 0.3 is 0 Å². The number of amides is 1. The molecule has 1 aromatic heterocycles. The Balaban J connectivity index is 1.74. The zero-order valence-electron chi connectivity index (χ0n) is 17.4. The number of aryl methyl sites for hydroxylation is 1. The van der Waals surface area contributed by atoms with Crippen LogP contribution in [0.5, 0.6) is 5.75 Å². The Kier molecular flexibility index (Phi) is 6.21. The van der Waals surface area contributed by atoms with E-state index in [-0.39, 0.29) is 32.8 Å². The van der Waals surface area contributed by atoms with Gasteiger partial charge in [-0.15, -0.1) is 0 Å². The van der Waals surface area contributed by atoms with Gasteiger partial charge in [-0.3, -0.25) is 9.59 Å². The zero-order chi connectivity index (χ0) is 22.8. The molecule has 4 rings (SSSR count). The van der Waals surface area contributed by atoms with Crippen LogP contribution in [0.25, 0.3) is 11.0 Å². The molecule has 0 fully saturated rings. The first-order valence-electron chi connectivity index (χ1n) is 9.95. The number of nitrogens with one attached hydrogen (secondary N) is 1. The molecule has 1 amide bonds. The van der Waals surface area contributed by atoms with Gasteiger partial charge in [-0.2, -0.15) is 0 Å². The lowest BCUT2D eigenvalue weighted by molar-refractivity contribution is 0.101. The van der Waals surface area contributed by atoms with Crippen molar-refractivity contribution in [1.29, 1.82) is 0 Å². The second-order valence-corrected chi connectivity index (χ2v) is 7.97. The van der Waals surface area contributed by atoms with Crippen LogP contribution in [0.4, 0.5) is 5.69 Å². The molecule has 0 radical (unpaired) electrons. The molecule has 1 heterocycles. The minimum absolute atomic E-state index is 0.0477. The van der Waals surface area contributed by atoms with Gasteiger partial charge in [0.15, 0.2) is 11.5 Å². The summed E-state index contributed by atoms with van der Waals surface area (Å²) in [5.41, 5.74) is 2.49. The molecule has 0 aliphatic heterocycles. The molecule has 0 atom stereocenters. The molecule has 3 aromatic carbocycles. The maximum absolute atomic E-state index is 13.2. The molecule has 32 heavy (non-hydrogen) atoms. The predicted octanol–water partition coefficient (Wildman–Crippen LogP) is 6.93. The molecule has 5 nitrogen and oxygen atoms in total. The fourth-order valence-electron chi connectivity index (χ4n) is 3.32. The van der Waals surface area contributed by atoms with Crippen molar-refractivity contribution in [2.75, 3.05) is 11.9 Å². The quantitative estimate of drug-likeness (QED) is 0.312. The van der Waals surface area contributed by atoms with E-state index in [2.05, 4.69) is 5.32 Å². The summed E-state index contributed by atoms with van der Waals surface area (Å²) in [6.07, 6.45) is 0. The van der Waals surface area contributed by atoms with Crippen LogP contribution in [-0.4, -0.2) is 18.3 Å². The predicted molar refractivity (Wildman–Crippen MR) is 126 cm³/mol. The highest BCUT2D eigenvalue weighted by atomic mass is 35.5. The molecule has 0 saturated carbocycles. The topological polar surface area (TPSA) is 68.5 Å². The molecule has 0 aliphatic rings. The normalized spacial score (nSPS) is 10.9. The van der Waals surface area contributed by atoms with Gasteiger partial charge in [0.2, 0.25) is 5.78 Å². The highest BCUT2D eigenvalue weighted by Gasteiger charge is 2.24. The van der Waals surface area contributed by atoms with Crippen LogP contribution in [0, 0.1) is 6.92 Å². The maximum Gasteiger partial charge on any atom is 0.255 e. The first kappa shape index (κ1) is 21.9. The third-order valence-corrected chi connectivity index (χ3v) is 5.46. The van der Waals surface area contributed by atoms with E-state index in [4.69, 9.17) is 32.4 Å². The Morgan fingerprint density at radius 2 is 1.62 bits per heavy atom. The van der Waals surface area contributed by atoms with Gasteiger partial charge in [0, 0.05) is 16.5 Å². The summed E-state index contributed by atoms with van der Waals surface area (Å²) in [4.78, 5) is 26.3. The minimum atomic E-state index is -0.485. The van der Waals surface area contributed by atoms with Crippen molar-refractivity contribution in [2.45, 2.75) is 13.8 Å². The van der Waals surface area contributed by atoms with E-state index in [0.29, 0.717) is 28.9 Å². The van der Waals surface area contributed by atoms with Crippen LogP contribution in [0.3, 0.4) is 0 Å². The summed E-state index contributed by atoms with van der Waals surface area (Å²) in [5.74, 6) is -0.455. The lowest BCUT2D eigenvalue weighted by Crippen LogP contribution is -2.14. The Labute approximate surface area is 194 Å². The average Bonchev–Trinajstić information content (AvgIpc) is 3.14. The number of fused-ring (bicyclic) bond motifs is 1. The van der Waals surface area contributed by atoms with E-state index in [1.54, 1.807) is 36.4 Å². The van der Waals surface area contributed by atoms with Crippen molar-refractivity contribution in [3.05, 3.63) is 93.2 Å². The Hall–Kier alpha value is -3.28. The lowest BCUT2D eigenvalue weighted by atomic mass is 10.1. The van der Waals surface area contributed by atoms with E-state index >= 15 is 0 Å². The van der Waals surface area contributed by atoms with Gasteiger partial charge in [0.25, 0.3) is 5.91 Å². The molecule has 0 spiro atoms. The van der Waals surface area contributed by atoms with Crippen LogP contribution in [0.15, 0.2) is 65.1 Å². The molecule has 1 N–H and O–H groups in total. The lowest BCUT2D eigenvalue weighted by Gasteiger charge is -2.11. The summed E-state index contributed by atoms with van der Waals surface area (Å²) in [6.45, 7) is 4.13. The molecule has 0 saturated heterocycles. The Bertz CT molecular complexity index is 1300. The number of hydrogen-bond acceptors (Lipinski definition) is 4. The number of benzene rings is 3. The highest BCUT2D eigenvalue weighted by Crippen LogP contribution is 2.36. The average molecular weight is 468 g/mol. The Morgan fingerprint density at radius 1 is 0.969 bits per heavy atom.